The van der Waals surface area contributed by atoms with Crippen LogP contribution in [-0.2, 0) is 21.5 Å². The maximum absolute atomic E-state index is 11.3. The van der Waals surface area contributed by atoms with Crippen LogP contribution in [0.4, 0.5) is 0 Å². The molecule has 23 heavy (non-hydrogen) atoms. The molecule has 0 aliphatic rings. The van der Waals surface area contributed by atoms with Gasteiger partial charge in [-0.1, -0.05) is 56.8 Å². The minimum atomic E-state index is -0.267. The van der Waals surface area contributed by atoms with E-state index < -0.39 is 0 Å². The molecule has 1 aromatic heterocycles. The molecule has 0 atom stereocenters. The van der Waals surface area contributed by atoms with Crippen LogP contribution in [0.15, 0.2) is 29.4 Å². The number of thioether (sulfide) groups is 1. The van der Waals surface area contributed by atoms with Gasteiger partial charge in [0.1, 0.15) is 0 Å². The lowest BCUT2D eigenvalue weighted by atomic mass is 9.87. The van der Waals surface area contributed by atoms with Crippen LogP contribution >= 0.6 is 11.8 Å². The summed E-state index contributed by atoms with van der Waals surface area (Å²) >= 11 is 1.34. The van der Waals surface area contributed by atoms with Crippen LogP contribution in [0.2, 0.25) is 0 Å². The number of ether oxygens (including phenoxy) is 1. The summed E-state index contributed by atoms with van der Waals surface area (Å²) in [4.78, 5) is 11.3. The molecule has 0 fully saturated rings. The van der Waals surface area contributed by atoms with Crippen molar-refractivity contribution in [1.29, 1.82) is 0 Å². The van der Waals surface area contributed by atoms with Crippen LogP contribution in [-0.4, -0.2) is 33.6 Å². The molecule has 0 saturated heterocycles. The van der Waals surface area contributed by atoms with Crippen molar-refractivity contribution in [3.63, 3.8) is 0 Å². The molecule has 2 aromatic rings. The predicted molar refractivity (Wildman–Crippen MR) is 92.6 cm³/mol. The zero-order chi connectivity index (χ0) is 17.0. The van der Waals surface area contributed by atoms with Crippen molar-refractivity contribution in [2.45, 2.75) is 44.8 Å². The van der Waals surface area contributed by atoms with Gasteiger partial charge in [0.15, 0.2) is 11.0 Å². The van der Waals surface area contributed by atoms with Gasteiger partial charge in [0.25, 0.3) is 0 Å². The second-order valence-electron chi connectivity index (χ2n) is 6.24. The molecule has 5 nitrogen and oxygen atoms in total. The fraction of sp³-hybridized carbons (Fsp3) is 0.471. The molecule has 0 aliphatic heterocycles. The van der Waals surface area contributed by atoms with E-state index in [9.17, 15) is 4.79 Å². The number of benzene rings is 1. The molecule has 1 heterocycles. The monoisotopic (exact) mass is 333 g/mol. The van der Waals surface area contributed by atoms with Crippen molar-refractivity contribution in [3.05, 3.63) is 29.8 Å². The van der Waals surface area contributed by atoms with Gasteiger partial charge in [-0.2, -0.15) is 0 Å². The summed E-state index contributed by atoms with van der Waals surface area (Å²) in [6, 6.07) is 8.41. The van der Waals surface area contributed by atoms with Crippen LogP contribution in [0.1, 0.15) is 33.3 Å². The minimum absolute atomic E-state index is 0.123. The highest BCUT2D eigenvalue weighted by Gasteiger charge is 2.17. The summed E-state index contributed by atoms with van der Waals surface area (Å²) in [7, 11) is 1.38. The maximum atomic E-state index is 11.3. The molecule has 0 aliphatic carbocycles. The minimum Gasteiger partial charge on any atom is -0.468 e. The third-order valence-electron chi connectivity index (χ3n) is 3.59. The van der Waals surface area contributed by atoms with Crippen LogP contribution in [0.25, 0.3) is 11.4 Å². The van der Waals surface area contributed by atoms with E-state index in [4.69, 9.17) is 0 Å². The second-order valence-corrected chi connectivity index (χ2v) is 7.19. The molecule has 1 aromatic carbocycles. The van der Waals surface area contributed by atoms with Crippen molar-refractivity contribution >= 4 is 17.7 Å². The summed E-state index contributed by atoms with van der Waals surface area (Å²) in [5.74, 6) is 0.787. The Morgan fingerprint density at radius 1 is 1.22 bits per heavy atom. The number of hydrogen-bond acceptors (Lipinski definition) is 5. The summed E-state index contributed by atoms with van der Waals surface area (Å²) in [5, 5.41) is 9.23. The van der Waals surface area contributed by atoms with E-state index in [1.165, 1.54) is 24.4 Å². The molecule has 0 radical (unpaired) electrons. The fourth-order valence-corrected chi connectivity index (χ4v) is 3.03. The first kappa shape index (κ1) is 17.5. The maximum Gasteiger partial charge on any atom is 0.316 e. The van der Waals surface area contributed by atoms with E-state index in [1.54, 1.807) is 0 Å². The number of aromatic nitrogens is 3. The van der Waals surface area contributed by atoms with Gasteiger partial charge in [0, 0.05) is 12.1 Å². The van der Waals surface area contributed by atoms with Gasteiger partial charge in [0.05, 0.1) is 12.9 Å². The number of nitrogens with zero attached hydrogens (tertiary/aromatic N) is 3. The average Bonchev–Trinajstić information content (AvgIpc) is 2.94. The standard InChI is InChI=1S/C17H23N3O2S/c1-6-20-15(18-19-16(20)23-11-14(21)22-5)12-7-9-13(10-8-12)17(2,3)4/h7-10H,6,11H2,1-5H3. The zero-order valence-corrected chi connectivity index (χ0v) is 15.1. The first-order valence-corrected chi connectivity index (χ1v) is 8.59. The highest BCUT2D eigenvalue weighted by molar-refractivity contribution is 7.99. The highest BCUT2D eigenvalue weighted by atomic mass is 32.2. The largest absolute Gasteiger partial charge is 0.468 e. The second kappa shape index (κ2) is 7.17. The average molecular weight is 333 g/mol. The highest BCUT2D eigenvalue weighted by Crippen LogP contribution is 2.27. The Morgan fingerprint density at radius 2 is 1.87 bits per heavy atom. The summed E-state index contributed by atoms with van der Waals surface area (Å²) in [6.07, 6.45) is 0. The number of rotatable bonds is 5. The normalized spacial score (nSPS) is 11.5. The molecule has 0 unspecified atom stereocenters. The van der Waals surface area contributed by atoms with Gasteiger partial charge in [-0.25, -0.2) is 0 Å². The number of methoxy groups -OCH3 is 1. The molecule has 0 N–H and O–H groups in total. The van der Waals surface area contributed by atoms with Crippen molar-refractivity contribution in [2.75, 3.05) is 12.9 Å². The summed E-state index contributed by atoms with van der Waals surface area (Å²) < 4.78 is 6.68. The van der Waals surface area contributed by atoms with Crippen LogP contribution in [0.3, 0.4) is 0 Å². The Kier molecular flexibility index (Phi) is 5.46. The van der Waals surface area contributed by atoms with Crippen molar-refractivity contribution in [1.82, 2.24) is 14.8 Å². The third-order valence-corrected chi connectivity index (χ3v) is 4.53. The molecule has 0 spiro atoms. The zero-order valence-electron chi connectivity index (χ0n) is 14.3. The van der Waals surface area contributed by atoms with Crippen molar-refractivity contribution < 1.29 is 9.53 Å². The van der Waals surface area contributed by atoms with Crippen molar-refractivity contribution in [2.24, 2.45) is 0 Å². The molecule has 0 bridgehead atoms. The van der Waals surface area contributed by atoms with E-state index in [2.05, 4.69) is 60.0 Å². The third kappa shape index (κ3) is 4.13. The Labute approximate surface area is 141 Å². The molecular weight excluding hydrogens is 310 g/mol. The summed E-state index contributed by atoms with van der Waals surface area (Å²) in [5.41, 5.74) is 2.43. The Hall–Kier alpha value is -1.82. The topological polar surface area (TPSA) is 57.0 Å². The van der Waals surface area contributed by atoms with Gasteiger partial charge in [0.2, 0.25) is 0 Å². The lowest BCUT2D eigenvalue weighted by molar-refractivity contribution is -0.137. The SMILES string of the molecule is CCn1c(SCC(=O)OC)nnc1-c1ccc(C(C)(C)C)cc1. The Morgan fingerprint density at radius 3 is 2.39 bits per heavy atom. The van der Waals surface area contributed by atoms with E-state index in [1.807, 2.05) is 11.5 Å². The molecule has 0 amide bonds. The molecule has 6 heteroatoms. The molecule has 2 rings (SSSR count). The van der Waals surface area contributed by atoms with Gasteiger partial charge in [-0.05, 0) is 17.9 Å². The lowest BCUT2D eigenvalue weighted by Crippen LogP contribution is -2.10. The van der Waals surface area contributed by atoms with Crippen LogP contribution < -0.4 is 0 Å². The smallest absolute Gasteiger partial charge is 0.316 e. The van der Waals surface area contributed by atoms with Gasteiger partial charge < -0.3 is 9.30 Å². The fourth-order valence-electron chi connectivity index (χ4n) is 2.20. The number of carbonyl (C=O) groups is 1. The molecular formula is C17H23N3O2S. The summed E-state index contributed by atoms with van der Waals surface area (Å²) in [6.45, 7) is 9.36. The van der Waals surface area contributed by atoms with Gasteiger partial charge in [-0.3, -0.25) is 4.79 Å². The number of hydrogen-bond donors (Lipinski definition) is 0. The predicted octanol–water partition coefficient (Wildman–Crippen LogP) is 3.53. The lowest BCUT2D eigenvalue weighted by Gasteiger charge is -2.19. The van der Waals surface area contributed by atoms with Gasteiger partial charge in [-0.15, -0.1) is 10.2 Å². The first-order valence-electron chi connectivity index (χ1n) is 7.60. The molecule has 0 saturated carbocycles. The quantitative estimate of drug-likeness (QED) is 0.619. The van der Waals surface area contributed by atoms with Gasteiger partial charge >= 0.3 is 5.97 Å². The Bertz CT molecular complexity index is 672. The Balaban J connectivity index is 2.26. The van der Waals surface area contributed by atoms with Crippen LogP contribution in [0.5, 0.6) is 0 Å². The van der Waals surface area contributed by atoms with Crippen molar-refractivity contribution in [3.8, 4) is 11.4 Å². The van der Waals surface area contributed by atoms with E-state index in [-0.39, 0.29) is 17.1 Å². The first-order chi connectivity index (χ1) is 10.9. The van der Waals surface area contributed by atoms with E-state index in [0.29, 0.717) is 0 Å². The van der Waals surface area contributed by atoms with E-state index >= 15 is 0 Å². The number of esters is 1. The number of carbonyl (C=O) groups excluding carboxylic acids is 1. The van der Waals surface area contributed by atoms with E-state index in [0.717, 1.165) is 23.1 Å². The molecule has 124 valence electrons. The van der Waals surface area contributed by atoms with Crippen LogP contribution in [0, 0.1) is 0 Å².